The van der Waals surface area contributed by atoms with Gasteiger partial charge in [0.2, 0.25) is 5.91 Å². The number of para-hydroxylation sites is 2. The van der Waals surface area contributed by atoms with Gasteiger partial charge < -0.3 is 14.5 Å². The van der Waals surface area contributed by atoms with E-state index in [9.17, 15) is 4.79 Å². The molecule has 1 aliphatic heterocycles. The largest absolute Gasteiger partial charge is 0.485 e. The molecule has 0 bridgehead atoms. The number of amides is 1. The van der Waals surface area contributed by atoms with Crippen LogP contribution in [0.1, 0.15) is 16.7 Å². The number of aryl methyl sites for hydroxylation is 1. The molecule has 0 N–H and O–H groups in total. The molecule has 0 saturated carbocycles. The summed E-state index contributed by atoms with van der Waals surface area (Å²) in [6, 6.07) is 12.2. The molecule has 0 saturated heterocycles. The van der Waals surface area contributed by atoms with Crippen molar-refractivity contribution < 1.29 is 9.53 Å². The number of carbonyl (C=O) groups excluding carboxylic acids is 1. The Hall–Kier alpha value is -2.27. The molecular formula is C20H24N2O2S. The summed E-state index contributed by atoms with van der Waals surface area (Å²) in [5.74, 6) is 0.891. The van der Waals surface area contributed by atoms with Crippen LogP contribution in [0, 0.1) is 6.92 Å². The number of ether oxygens (including phenoxy) is 1. The Labute approximate surface area is 153 Å². The third-order valence-electron chi connectivity index (χ3n) is 4.31. The van der Waals surface area contributed by atoms with Crippen molar-refractivity contribution in [3.05, 3.63) is 52.2 Å². The van der Waals surface area contributed by atoms with Crippen molar-refractivity contribution in [2.75, 3.05) is 31.6 Å². The quantitative estimate of drug-likeness (QED) is 0.764. The monoisotopic (exact) mass is 356 g/mol. The van der Waals surface area contributed by atoms with Crippen LogP contribution < -0.4 is 9.64 Å². The van der Waals surface area contributed by atoms with Gasteiger partial charge in [-0.05, 0) is 44.2 Å². The van der Waals surface area contributed by atoms with E-state index in [1.165, 1.54) is 4.88 Å². The molecule has 2 heterocycles. The second-order valence-electron chi connectivity index (χ2n) is 6.25. The lowest BCUT2D eigenvalue weighted by atomic mass is 10.2. The Bertz CT molecular complexity index is 769. The standard InChI is InChI=1S/C20H24N2O2S/c1-4-22-14-16(24-19-8-6-5-7-18(19)22)13-21(3)20(23)12-11-17-10-9-15(2)25-17/h5-12,16H,4,13-14H2,1-3H3/b12-11+/t16-/m1/s1. The molecule has 0 spiro atoms. The lowest BCUT2D eigenvalue weighted by Crippen LogP contribution is -2.46. The summed E-state index contributed by atoms with van der Waals surface area (Å²) in [4.78, 5) is 18.7. The van der Waals surface area contributed by atoms with Gasteiger partial charge in [0.15, 0.2) is 0 Å². The third kappa shape index (κ3) is 4.23. The fourth-order valence-electron chi connectivity index (χ4n) is 2.99. The molecule has 2 aromatic rings. The number of thiophene rings is 1. The van der Waals surface area contributed by atoms with Gasteiger partial charge in [-0.2, -0.15) is 0 Å². The zero-order chi connectivity index (χ0) is 17.8. The van der Waals surface area contributed by atoms with Crippen LogP contribution in [0.5, 0.6) is 5.75 Å². The Morgan fingerprint density at radius 3 is 2.88 bits per heavy atom. The van der Waals surface area contributed by atoms with E-state index in [0.717, 1.165) is 29.4 Å². The molecule has 1 aliphatic rings. The minimum absolute atomic E-state index is 0.00319. The van der Waals surface area contributed by atoms with Gasteiger partial charge in [-0.3, -0.25) is 4.79 Å². The highest BCUT2D eigenvalue weighted by Crippen LogP contribution is 2.32. The van der Waals surface area contributed by atoms with Gasteiger partial charge >= 0.3 is 0 Å². The summed E-state index contributed by atoms with van der Waals surface area (Å²) in [5, 5.41) is 0. The molecule has 0 fully saturated rings. The van der Waals surface area contributed by atoms with Crippen LogP contribution >= 0.6 is 11.3 Å². The average Bonchev–Trinajstić information content (AvgIpc) is 3.04. The van der Waals surface area contributed by atoms with E-state index in [1.807, 2.05) is 37.4 Å². The number of rotatable bonds is 5. The number of benzene rings is 1. The van der Waals surface area contributed by atoms with E-state index < -0.39 is 0 Å². The Morgan fingerprint density at radius 2 is 2.16 bits per heavy atom. The minimum atomic E-state index is -0.0267. The minimum Gasteiger partial charge on any atom is -0.485 e. The predicted octanol–water partition coefficient (Wildman–Crippen LogP) is 3.82. The van der Waals surface area contributed by atoms with Gasteiger partial charge in [0.05, 0.1) is 18.8 Å². The first-order valence-electron chi connectivity index (χ1n) is 8.57. The molecule has 1 aromatic heterocycles. The highest BCUT2D eigenvalue weighted by molar-refractivity contribution is 7.12. The van der Waals surface area contributed by atoms with Crippen molar-refractivity contribution in [1.82, 2.24) is 4.90 Å². The summed E-state index contributed by atoms with van der Waals surface area (Å²) < 4.78 is 6.09. The number of hydrogen-bond donors (Lipinski definition) is 0. The van der Waals surface area contributed by atoms with Gasteiger partial charge in [0, 0.05) is 29.4 Å². The molecule has 25 heavy (non-hydrogen) atoms. The number of hydrogen-bond acceptors (Lipinski definition) is 4. The van der Waals surface area contributed by atoms with Crippen molar-refractivity contribution in [3.63, 3.8) is 0 Å². The number of anilines is 1. The van der Waals surface area contributed by atoms with E-state index in [-0.39, 0.29) is 12.0 Å². The van der Waals surface area contributed by atoms with E-state index in [0.29, 0.717) is 6.54 Å². The van der Waals surface area contributed by atoms with Crippen LogP contribution in [-0.4, -0.2) is 43.6 Å². The SMILES string of the molecule is CCN1C[C@@H](CN(C)C(=O)/C=C/c2ccc(C)s2)Oc2ccccc21. The van der Waals surface area contributed by atoms with Crippen LogP contribution in [0.4, 0.5) is 5.69 Å². The van der Waals surface area contributed by atoms with Crippen LogP contribution in [0.25, 0.3) is 6.08 Å². The normalized spacial score (nSPS) is 16.6. The van der Waals surface area contributed by atoms with Crippen molar-refractivity contribution in [2.24, 2.45) is 0 Å². The Morgan fingerprint density at radius 1 is 1.36 bits per heavy atom. The summed E-state index contributed by atoms with van der Waals surface area (Å²) in [7, 11) is 1.83. The molecule has 0 aliphatic carbocycles. The lowest BCUT2D eigenvalue weighted by molar-refractivity contribution is -0.125. The molecule has 5 heteroatoms. The van der Waals surface area contributed by atoms with Crippen molar-refractivity contribution in [1.29, 1.82) is 0 Å². The second kappa shape index (κ2) is 7.74. The van der Waals surface area contributed by atoms with Crippen LogP contribution in [-0.2, 0) is 4.79 Å². The van der Waals surface area contributed by atoms with Crippen LogP contribution in [0.3, 0.4) is 0 Å². The van der Waals surface area contributed by atoms with E-state index in [1.54, 1.807) is 22.3 Å². The smallest absolute Gasteiger partial charge is 0.246 e. The van der Waals surface area contributed by atoms with Gasteiger partial charge in [-0.15, -0.1) is 11.3 Å². The summed E-state index contributed by atoms with van der Waals surface area (Å²) >= 11 is 1.68. The zero-order valence-electron chi connectivity index (χ0n) is 14.9. The fraction of sp³-hybridized carbons (Fsp3) is 0.350. The fourth-order valence-corrected chi connectivity index (χ4v) is 3.77. The van der Waals surface area contributed by atoms with E-state index in [4.69, 9.17) is 4.74 Å². The zero-order valence-corrected chi connectivity index (χ0v) is 15.8. The Kier molecular flexibility index (Phi) is 5.43. The number of nitrogens with zero attached hydrogens (tertiary/aromatic N) is 2. The molecule has 1 amide bonds. The maximum absolute atomic E-state index is 12.4. The highest BCUT2D eigenvalue weighted by Gasteiger charge is 2.26. The van der Waals surface area contributed by atoms with Crippen molar-refractivity contribution in [3.8, 4) is 5.75 Å². The van der Waals surface area contributed by atoms with Crippen LogP contribution in [0.2, 0.25) is 0 Å². The molecular weight excluding hydrogens is 332 g/mol. The molecule has 132 valence electrons. The maximum atomic E-state index is 12.4. The molecule has 4 nitrogen and oxygen atoms in total. The highest BCUT2D eigenvalue weighted by atomic mass is 32.1. The first kappa shape index (κ1) is 17.5. The molecule has 0 radical (unpaired) electrons. The predicted molar refractivity (Wildman–Crippen MR) is 104 cm³/mol. The van der Waals surface area contributed by atoms with Gasteiger partial charge in [0.25, 0.3) is 0 Å². The van der Waals surface area contributed by atoms with E-state index >= 15 is 0 Å². The van der Waals surface area contributed by atoms with Gasteiger partial charge in [-0.1, -0.05) is 12.1 Å². The summed E-state index contributed by atoms with van der Waals surface area (Å²) in [6.07, 6.45) is 3.49. The summed E-state index contributed by atoms with van der Waals surface area (Å²) in [5.41, 5.74) is 1.13. The Balaban J connectivity index is 1.62. The number of carbonyl (C=O) groups is 1. The van der Waals surface area contributed by atoms with Crippen molar-refractivity contribution >= 4 is 29.0 Å². The first-order valence-corrected chi connectivity index (χ1v) is 9.38. The first-order chi connectivity index (χ1) is 12.1. The molecule has 0 unspecified atom stereocenters. The lowest BCUT2D eigenvalue weighted by Gasteiger charge is -2.37. The second-order valence-corrected chi connectivity index (χ2v) is 7.57. The van der Waals surface area contributed by atoms with Gasteiger partial charge in [-0.25, -0.2) is 0 Å². The molecule has 3 rings (SSSR count). The molecule has 1 atom stereocenters. The average molecular weight is 356 g/mol. The number of fused-ring (bicyclic) bond motifs is 1. The topological polar surface area (TPSA) is 32.8 Å². The molecule has 1 aromatic carbocycles. The maximum Gasteiger partial charge on any atom is 0.246 e. The summed E-state index contributed by atoms with van der Waals surface area (Å²) in [6.45, 7) is 6.48. The third-order valence-corrected chi connectivity index (χ3v) is 5.28. The van der Waals surface area contributed by atoms with Crippen LogP contribution in [0.15, 0.2) is 42.5 Å². The van der Waals surface area contributed by atoms with E-state index in [2.05, 4.69) is 30.9 Å². The van der Waals surface area contributed by atoms with Gasteiger partial charge in [0.1, 0.15) is 11.9 Å². The number of likely N-dealkylation sites (N-methyl/N-ethyl adjacent to an activating group) is 2. The van der Waals surface area contributed by atoms with Crippen molar-refractivity contribution in [2.45, 2.75) is 20.0 Å².